The fourth-order valence-corrected chi connectivity index (χ4v) is 1.02. The molecule has 0 aliphatic carbocycles. The summed E-state index contributed by atoms with van der Waals surface area (Å²) in [4.78, 5) is 4.40. The maximum absolute atomic E-state index is 12.8. The quantitative estimate of drug-likeness (QED) is 0.168. The van der Waals surface area contributed by atoms with E-state index < -0.39 is 59.7 Å². The number of halogens is 18. The summed E-state index contributed by atoms with van der Waals surface area (Å²) >= 11 is 0. The molecular formula is C10F18O2. The number of hydrogen-bond donors (Lipinski definition) is 0. The Labute approximate surface area is 150 Å². The molecule has 0 aromatic heterocycles. The summed E-state index contributed by atoms with van der Waals surface area (Å²) in [5.74, 6) is -38.2. The number of allylic oxidation sites excluding steroid dienone is 2. The monoisotopic (exact) mass is 494 g/mol. The lowest BCUT2D eigenvalue weighted by Crippen LogP contribution is -2.52. The van der Waals surface area contributed by atoms with Gasteiger partial charge in [0.2, 0.25) is 0 Å². The molecule has 0 heterocycles. The Hall–Kier alpha value is -2.18. The highest BCUT2D eigenvalue weighted by atomic mass is 19.4. The van der Waals surface area contributed by atoms with Gasteiger partial charge in [-0.15, -0.1) is 0 Å². The topological polar surface area (TPSA) is 18.5 Å². The summed E-state index contributed by atoms with van der Waals surface area (Å²) in [6.07, 6.45) is -14.5. The van der Waals surface area contributed by atoms with Gasteiger partial charge < -0.3 is 0 Å². The summed E-state index contributed by atoms with van der Waals surface area (Å²) < 4.78 is 222. The average molecular weight is 494 g/mol. The fraction of sp³-hybridized carbons (Fsp3) is 0.600. The molecule has 0 radical (unpaired) electrons. The van der Waals surface area contributed by atoms with Crippen LogP contribution in [0.1, 0.15) is 0 Å². The van der Waals surface area contributed by atoms with E-state index in [1.54, 1.807) is 0 Å². The molecule has 0 aliphatic rings. The predicted octanol–water partition coefficient (Wildman–Crippen LogP) is 6.82. The highest BCUT2D eigenvalue weighted by Gasteiger charge is 2.77. The van der Waals surface area contributed by atoms with E-state index in [-0.39, 0.29) is 0 Å². The van der Waals surface area contributed by atoms with Crippen molar-refractivity contribution in [3.05, 3.63) is 23.7 Å². The van der Waals surface area contributed by atoms with Crippen molar-refractivity contribution < 1.29 is 88.8 Å². The van der Waals surface area contributed by atoms with E-state index in [0.29, 0.717) is 0 Å². The Morgan fingerprint density at radius 1 is 0.400 bits per heavy atom. The minimum Gasteiger partial charge on any atom is -0.253 e. The smallest absolute Gasteiger partial charge is 0.253 e. The number of hydrogen-bond acceptors (Lipinski definition) is 2. The normalized spacial score (nSPS) is 16.7. The van der Waals surface area contributed by atoms with Crippen LogP contribution in [-0.4, -0.2) is 36.0 Å². The molecule has 0 amide bonds. The van der Waals surface area contributed by atoms with Crippen molar-refractivity contribution in [2.24, 2.45) is 0 Å². The van der Waals surface area contributed by atoms with Gasteiger partial charge in [-0.1, -0.05) is 0 Å². The zero-order chi connectivity index (χ0) is 24.7. The summed E-state index contributed by atoms with van der Waals surface area (Å²) in [5.41, 5.74) is 0. The Morgan fingerprint density at radius 3 is 0.767 bits per heavy atom. The number of rotatable bonds is 7. The molecule has 0 fully saturated rings. The summed E-state index contributed by atoms with van der Waals surface area (Å²) in [7, 11) is 0. The van der Waals surface area contributed by atoms with Crippen molar-refractivity contribution in [1.82, 2.24) is 0 Å². The molecule has 0 spiro atoms. The van der Waals surface area contributed by atoms with E-state index in [1.807, 2.05) is 0 Å². The first-order valence-electron chi connectivity index (χ1n) is 5.98. The van der Waals surface area contributed by atoms with E-state index >= 15 is 0 Å². The maximum atomic E-state index is 12.8. The highest BCUT2D eigenvalue weighted by Crippen LogP contribution is 2.52. The molecule has 0 rings (SSSR count). The van der Waals surface area contributed by atoms with E-state index in [4.69, 9.17) is 0 Å². The Balaban J connectivity index is 5.87. The molecule has 0 aromatic rings. The second kappa shape index (κ2) is 7.82. The molecule has 0 N–H and O–H groups in total. The first-order valence-corrected chi connectivity index (χ1v) is 5.98. The van der Waals surface area contributed by atoms with Crippen molar-refractivity contribution >= 4 is 0 Å². The van der Waals surface area contributed by atoms with Gasteiger partial charge in [0.1, 0.15) is 0 Å². The first-order chi connectivity index (χ1) is 12.9. The Morgan fingerprint density at radius 2 is 0.600 bits per heavy atom. The lowest BCUT2D eigenvalue weighted by Gasteiger charge is -2.27. The summed E-state index contributed by atoms with van der Waals surface area (Å²) in [6.45, 7) is 0. The maximum Gasteiger partial charge on any atom is 0.460 e. The first kappa shape index (κ1) is 27.8. The second-order valence-electron chi connectivity index (χ2n) is 4.64. The van der Waals surface area contributed by atoms with Gasteiger partial charge in [0.25, 0.3) is 11.7 Å². The van der Waals surface area contributed by atoms with Crippen molar-refractivity contribution in [2.45, 2.75) is 36.0 Å². The lowest BCUT2D eigenvalue weighted by molar-refractivity contribution is -0.353. The third kappa shape index (κ3) is 4.60. The van der Waals surface area contributed by atoms with Gasteiger partial charge in [0.05, 0.1) is 0 Å². The Bertz CT molecular complexity index is 635. The lowest BCUT2D eigenvalue weighted by atomic mass is 10.1. The number of alkyl halides is 14. The molecule has 0 aliphatic heterocycles. The van der Waals surface area contributed by atoms with E-state index in [1.165, 1.54) is 0 Å². The van der Waals surface area contributed by atoms with Crippen LogP contribution in [0.15, 0.2) is 23.7 Å². The van der Waals surface area contributed by atoms with E-state index in [0.717, 1.165) is 0 Å². The molecule has 0 saturated carbocycles. The van der Waals surface area contributed by atoms with E-state index in [2.05, 4.69) is 9.78 Å². The SMILES string of the molecule is FC(OOC(F)=C(F)C(F)(F)C(F)(F)C(F)(F)F)=C(F)C(F)(F)C(F)(F)C(F)(F)F. The molecule has 30 heavy (non-hydrogen) atoms. The predicted molar refractivity (Wildman–Crippen MR) is 52.6 cm³/mol. The van der Waals surface area contributed by atoms with Gasteiger partial charge in [0, 0.05) is 0 Å². The zero-order valence-electron chi connectivity index (χ0n) is 12.6. The highest BCUT2D eigenvalue weighted by molar-refractivity contribution is 5.14. The Kier molecular flexibility index (Phi) is 7.25. The van der Waals surface area contributed by atoms with Crippen molar-refractivity contribution in [1.29, 1.82) is 0 Å². The summed E-state index contributed by atoms with van der Waals surface area (Å²) in [6, 6.07) is -8.23. The molecule has 0 unspecified atom stereocenters. The van der Waals surface area contributed by atoms with Crippen molar-refractivity contribution in [3.63, 3.8) is 0 Å². The average Bonchev–Trinajstić information content (AvgIpc) is 2.55. The molecular weight excluding hydrogens is 494 g/mol. The fourth-order valence-electron chi connectivity index (χ4n) is 1.02. The van der Waals surface area contributed by atoms with Gasteiger partial charge in [0.15, 0.2) is 0 Å². The molecule has 0 saturated heterocycles. The van der Waals surface area contributed by atoms with Gasteiger partial charge >= 0.3 is 48.1 Å². The van der Waals surface area contributed by atoms with Gasteiger partial charge in [-0.05, 0) is 0 Å². The van der Waals surface area contributed by atoms with Crippen LogP contribution < -0.4 is 0 Å². The molecule has 0 bridgehead atoms. The van der Waals surface area contributed by atoms with Crippen LogP contribution in [0.5, 0.6) is 0 Å². The second-order valence-corrected chi connectivity index (χ2v) is 4.64. The van der Waals surface area contributed by atoms with Gasteiger partial charge in [-0.2, -0.15) is 79.0 Å². The van der Waals surface area contributed by atoms with Crippen LogP contribution in [0.2, 0.25) is 0 Å². The third-order valence-electron chi connectivity index (χ3n) is 2.59. The van der Waals surface area contributed by atoms with Crippen molar-refractivity contribution in [3.8, 4) is 0 Å². The van der Waals surface area contributed by atoms with Crippen LogP contribution in [0.25, 0.3) is 0 Å². The summed E-state index contributed by atoms with van der Waals surface area (Å²) in [5, 5.41) is 0. The zero-order valence-corrected chi connectivity index (χ0v) is 12.6. The van der Waals surface area contributed by atoms with Crippen LogP contribution in [0, 0.1) is 0 Å². The van der Waals surface area contributed by atoms with Gasteiger partial charge in [-0.3, -0.25) is 9.78 Å². The minimum absolute atomic E-state index is 2.20. The molecule has 0 atom stereocenters. The van der Waals surface area contributed by atoms with E-state index in [9.17, 15) is 79.0 Å². The molecule has 0 aromatic carbocycles. The van der Waals surface area contributed by atoms with Crippen molar-refractivity contribution in [2.75, 3.05) is 0 Å². The van der Waals surface area contributed by atoms with Crippen LogP contribution >= 0.6 is 0 Å². The van der Waals surface area contributed by atoms with Crippen LogP contribution in [0.4, 0.5) is 79.0 Å². The van der Waals surface area contributed by atoms with Crippen LogP contribution in [0.3, 0.4) is 0 Å². The molecule has 2 nitrogen and oxygen atoms in total. The third-order valence-corrected chi connectivity index (χ3v) is 2.59. The van der Waals surface area contributed by atoms with Crippen LogP contribution in [-0.2, 0) is 9.78 Å². The minimum atomic E-state index is -7.38. The van der Waals surface area contributed by atoms with Gasteiger partial charge in [-0.25, -0.2) is 0 Å². The molecule has 20 heteroatoms. The molecule has 178 valence electrons. The largest absolute Gasteiger partial charge is 0.460 e. The standard InChI is InChI=1S/C10F18O2/c11-1(5(15,16)7(19,20)9(23,24)25)3(13)29-30-4(14)2(12)6(17,18)8(21,22)10(26,27)28.